The monoisotopic (exact) mass is 380 g/mol. The van der Waals surface area contributed by atoms with E-state index in [9.17, 15) is 0 Å². The lowest BCUT2D eigenvalue weighted by Crippen LogP contribution is -2.36. The molecule has 0 bridgehead atoms. The number of benzene rings is 2. The van der Waals surface area contributed by atoms with Gasteiger partial charge in [-0.25, -0.2) is 0 Å². The van der Waals surface area contributed by atoms with Gasteiger partial charge in [-0.15, -0.1) is 0 Å². The van der Waals surface area contributed by atoms with Crippen LogP contribution in [-0.4, -0.2) is 31.4 Å². The number of nitrogens with one attached hydrogen (secondary N) is 2. The zero-order valence-corrected chi connectivity index (χ0v) is 16.3. The summed E-state index contributed by atoms with van der Waals surface area (Å²) in [5, 5.41) is 15.8. The van der Waals surface area contributed by atoms with Crippen LogP contribution in [-0.2, 0) is 11.2 Å². The zero-order chi connectivity index (χ0) is 19.1. The van der Waals surface area contributed by atoms with Gasteiger partial charge in [0.15, 0.2) is 5.11 Å². The molecule has 1 aliphatic rings. The first-order chi connectivity index (χ1) is 13.2. The second kappa shape index (κ2) is 9.36. The molecule has 0 aliphatic carbocycles. The number of hydrogen-bond acceptors (Lipinski definition) is 4. The molecule has 27 heavy (non-hydrogen) atoms. The summed E-state index contributed by atoms with van der Waals surface area (Å²) in [7, 11) is 0. The second-order valence-electron chi connectivity index (χ2n) is 6.54. The summed E-state index contributed by atoms with van der Waals surface area (Å²) in [6.07, 6.45) is 0.417. The minimum atomic E-state index is 0.0987. The molecule has 1 heterocycles. The minimum absolute atomic E-state index is 0.0987. The smallest absolute Gasteiger partial charge is 0.171 e. The Morgan fingerprint density at radius 1 is 1.15 bits per heavy atom. The van der Waals surface area contributed by atoms with Gasteiger partial charge < -0.3 is 20.3 Å². The highest BCUT2D eigenvalue weighted by Crippen LogP contribution is 2.20. The van der Waals surface area contributed by atoms with E-state index in [2.05, 4.69) is 52.8 Å². The lowest BCUT2D eigenvalue weighted by Gasteiger charge is -2.29. The van der Waals surface area contributed by atoms with Crippen molar-refractivity contribution < 1.29 is 4.74 Å². The summed E-state index contributed by atoms with van der Waals surface area (Å²) in [5.41, 5.74) is 4.31. The van der Waals surface area contributed by atoms with Crippen molar-refractivity contribution in [2.75, 3.05) is 36.5 Å². The van der Waals surface area contributed by atoms with E-state index < -0.39 is 0 Å². The molecule has 0 spiro atoms. The highest BCUT2D eigenvalue weighted by molar-refractivity contribution is 7.80. The van der Waals surface area contributed by atoms with Crippen molar-refractivity contribution >= 4 is 28.7 Å². The van der Waals surface area contributed by atoms with Crippen LogP contribution in [0.3, 0.4) is 0 Å². The molecule has 1 atom stereocenters. The van der Waals surface area contributed by atoms with Gasteiger partial charge in [-0.05, 0) is 54.5 Å². The van der Waals surface area contributed by atoms with Crippen LogP contribution in [0.25, 0.3) is 0 Å². The second-order valence-corrected chi connectivity index (χ2v) is 6.95. The number of hydrogen-bond donors (Lipinski definition) is 2. The molecule has 0 radical (unpaired) electrons. The summed E-state index contributed by atoms with van der Waals surface area (Å²) in [5.74, 6) is 0. The zero-order valence-electron chi connectivity index (χ0n) is 15.4. The van der Waals surface area contributed by atoms with E-state index in [1.807, 2.05) is 24.3 Å². The molecule has 0 amide bonds. The Morgan fingerprint density at radius 3 is 2.44 bits per heavy atom. The van der Waals surface area contributed by atoms with Gasteiger partial charge in [0.25, 0.3) is 0 Å². The van der Waals surface area contributed by atoms with Gasteiger partial charge in [-0.2, -0.15) is 5.26 Å². The average Bonchev–Trinajstić information content (AvgIpc) is 2.70. The van der Waals surface area contributed by atoms with Crippen LogP contribution in [0.1, 0.15) is 24.1 Å². The summed E-state index contributed by atoms with van der Waals surface area (Å²) < 4.78 is 5.41. The Labute approximate surface area is 165 Å². The van der Waals surface area contributed by atoms with Crippen LogP contribution < -0.4 is 15.5 Å². The fraction of sp³-hybridized carbons (Fsp3) is 0.333. The number of nitriles is 1. The van der Waals surface area contributed by atoms with E-state index >= 15 is 0 Å². The minimum Gasteiger partial charge on any atom is -0.378 e. The molecule has 5 nitrogen and oxygen atoms in total. The van der Waals surface area contributed by atoms with Gasteiger partial charge in [0.05, 0.1) is 31.7 Å². The van der Waals surface area contributed by atoms with Gasteiger partial charge in [0, 0.05) is 24.5 Å². The van der Waals surface area contributed by atoms with Gasteiger partial charge in [-0.1, -0.05) is 24.3 Å². The summed E-state index contributed by atoms with van der Waals surface area (Å²) in [6, 6.07) is 18.6. The maximum atomic E-state index is 8.73. The largest absolute Gasteiger partial charge is 0.378 e. The topological polar surface area (TPSA) is 60.3 Å². The third kappa shape index (κ3) is 5.43. The van der Waals surface area contributed by atoms with E-state index in [1.165, 1.54) is 11.3 Å². The van der Waals surface area contributed by atoms with E-state index in [0.29, 0.717) is 11.5 Å². The molecule has 0 aromatic heterocycles. The molecule has 1 aliphatic heterocycles. The average molecular weight is 381 g/mol. The molecule has 2 aromatic carbocycles. The first kappa shape index (κ1) is 19.2. The molecule has 2 N–H and O–H groups in total. The maximum Gasteiger partial charge on any atom is 0.171 e. The van der Waals surface area contributed by atoms with Crippen LogP contribution in [0.4, 0.5) is 11.4 Å². The predicted octanol–water partition coefficient (Wildman–Crippen LogP) is 3.64. The van der Waals surface area contributed by atoms with Crippen molar-refractivity contribution in [3.05, 3.63) is 59.7 Å². The molecular formula is C21H24N4OS. The van der Waals surface area contributed by atoms with Crippen LogP contribution in [0.15, 0.2) is 48.5 Å². The highest BCUT2D eigenvalue weighted by Gasteiger charge is 2.12. The SMILES string of the molecule is C[C@@H](NC(=S)Nc1ccc(CC#N)cc1)c1ccc(N2CCOCC2)cc1. The Morgan fingerprint density at radius 2 is 1.81 bits per heavy atom. The fourth-order valence-corrected chi connectivity index (χ4v) is 3.33. The van der Waals surface area contributed by atoms with E-state index in [4.69, 9.17) is 22.2 Å². The Bertz CT molecular complexity index is 792. The third-order valence-corrected chi connectivity index (χ3v) is 4.83. The van der Waals surface area contributed by atoms with Gasteiger partial charge >= 0.3 is 0 Å². The number of nitrogens with zero attached hydrogens (tertiary/aromatic N) is 2. The third-order valence-electron chi connectivity index (χ3n) is 4.61. The number of thiocarbonyl (C=S) groups is 1. The van der Waals surface area contributed by atoms with E-state index in [0.717, 1.165) is 37.6 Å². The molecule has 6 heteroatoms. The molecule has 140 valence electrons. The van der Waals surface area contributed by atoms with Crippen LogP contribution in [0.5, 0.6) is 0 Å². The van der Waals surface area contributed by atoms with Crippen molar-refractivity contribution in [3.63, 3.8) is 0 Å². The van der Waals surface area contributed by atoms with Crippen molar-refractivity contribution in [1.29, 1.82) is 5.26 Å². The molecule has 1 fully saturated rings. The molecular weight excluding hydrogens is 356 g/mol. The van der Waals surface area contributed by atoms with E-state index in [-0.39, 0.29) is 6.04 Å². The quantitative estimate of drug-likeness (QED) is 0.773. The Balaban J connectivity index is 1.53. The molecule has 0 unspecified atom stereocenters. The first-order valence-corrected chi connectivity index (χ1v) is 9.52. The fourth-order valence-electron chi connectivity index (χ4n) is 3.04. The van der Waals surface area contributed by atoms with Gasteiger partial charge in [0.1, 0.15) is 0 Å². The lowest BCUT2D eigenvalue weighted by atomic mass is 10.1. The normalized spacial score (nSPS) is 14.9. The van der Waals surface area contributed by atoms with Crippen LogP contribution >= 0.6 is 12.2 Å². The lowest BCUT2D eigenvalue weighted by molar-refractivity contribution is 0.122. The molecule has 1 saturated heterocycles. The molecule has 0 saturated carbocycles. The standard InChI is InChI=1S/C21H24N4OS/c1-16(18-4-8-20(9-5-18)25-12-14-26-15-13-25)23-21(27)24-19-6-2-17(3-7-19)10-11-22/h2-9,16H,10,12-15H2,1H3,(H2,23,24,27)/t16-/m1/s1. The van der Waals surface area contributed by atoms with Crippen LogP contribution in [0.2, 0.25) is 0 Å². The summed E-state index contributed by atoms with van der Waals surface area (Å²) in [6.45, 7) is 5.55. The Kier molecular flexibility index (Phi) is 6.64. The summed E-state index contributed by atoms with van der Waals surface area (Å²) >= 11 is 5.43. The van der Waals surface area contributed by atoms with Crippen molar-refractivity contribution in [3.8, 4) is 6.07 Å². The number of anilines is 2. The summed E-state index contributed by atoms with van der Waals surface area (Å²) in [4.78, 5) is 2.34. The predicted molar refractivity (Wildman–Crippen MR) is 113 cm³/mol. The van der Waals surface area contributed by atoms with Crippen LogP contribution in [0, 0.1) is 11.3 Å². The van der Waals surface area contributed by atoms with Crippen molar-refractivity contribution in [2.24, 2.45) is 0 Å². The Hall–Kier alpha value is -2.62. The van der Waals surface area contributed by atoms with Crippen molar-refractivity contribution in [1.82, 2.24) is 5.32 Å². The first-order valence-electron chi connectivity index (χ1n) is 9.12. The van der Waals surface area contributed by atoms with Crippen molar-refractivity contribution in [2.45, 2.75) is 19.4 Å². The van der Waals surface area contributed by atoms with E-state index in [1.54, 1.807) is 0 Å². The maximum absolute atomic E-state index is 8.73. The number of rotatable bonds is 5. The number of ether oxygens (including phenoxy) is 1. The van der Waals surface area contributed by atoms with Gasteiger partial charge in [-0.3, -0.25) is 0 Å². The highest BCUT2D eigenvalue weighted by atomic mass is 32.1. The number of morpholine rings is 1. The molecule has 2 aromatic rings. The van der Waals surface area contributed by atoms with Gasteiger partial charge in [0.2, 0.25) is 0 Å². The molecule has 3 rings (SSSR count).